The molecule has 4 rings (SSSR count). The molecule has 1 aromatic carbocycles. The van der Waals surface area contributed by atoms with Gasteiger partial charge in [-0.3, -0.25) is 9.69 Å². The second kappa shape index (κ2) is 6.60. The second-order valence-corrected chi connectivity index (χ2v) is 6.79. The van der Waals surface area contributed by atoms with Crippen LogP contribution in [0, 0.1) is 5.82 Å². The molecule has 0 radical (unpaired) electrons. The predicted molar refractivity (Wildman–Crippen MR) is 92.1 cm³/mol. The maximum atomic E-state index is 14.7. The molecule has 10 heteroatoms. The highest BCUT2D eigenvalue weighted by molar-refractivity contribution is 5.90. The number of nitrogens with zero attached hydrogens (tertiary/aromatic N) is 2. The van der Waals surface area contributed by atoms with Gasteiger partial charge in [-0.25, -0.2) is 14.0 Å². The zero-order valence-corrected chi connectivity index (χ0v) is 14.6. The molecule has 3 fully saturated rings. The molecule has 3 saturated heterocycles. The molecular weight excluding hydrogens is 359 g/mol. The summed E-state index contributed by atoms with van der Waals surface area (Å²) < 4.78 is 25.0. The highest BCUT2D eigenvalue weighted by Gasteiger charge is 2.42. The van der Waals surface area contributed by atoms with Gasteiger partial charge >= 0.3 is 12.2 Å². The summed E-state index contributed by atoms with van der Waals surface area (Å²) in [5.41, 5.74) is 0.767. The van der Waals surface area contributed by atoms with Crippen LogP contribution in [0.3, 0.4) is 0 Å². The van der Waals surface area contributed by atoms with E-state index in [1.165, 1.54) is 17.9 Å². The number of rotatable bonds is 4. The third kappa shape index (κ3) is 3.34. The zero-order valence-electron chi connectivity index (χ0n) is 14.6. The Kier molecular flexibility index (Phi) is 4.25. The number of ether oxygens (including phenoxy) is 2. The highest BCUT2D eigenvalue weighted by atomic mass is 19.1. The number of carbonyl (C=O) groups is 3. The molecule has 3 atom stereocenters. The van der Waals surface area contributed by atoms with E-state index in [0.717, 1.165) is 0 Å². The van der Waals surface area contributed by atoms with E-state index in [2.05, 4.69) is 10.6 Å². The average molecular weight is 378 g/mol. The number of cyclic esters (lactones) is 1. The molecule has 0 saturated carbocycles. The van der Waals surface area contributed by atoms with Crippen LogP contribution in [-0.2, 0) is 14.3 Å². The fourth-order valence-corrected chi connectivity index (χ4v) is 3.57. The first kappa shape index (κ1) is 17.4. The quantitative estimate of drug-likeness (QED) is 0.795. The molecule has 0 aliphatic carbocycles. The monoisotopic (exact) mass is 378 g/mol. The Morgan fingerprint density at radius 1 is 1.30 bits per heavy atom. The van der Waals surface area contributed by atoms with Crippen molar-refractivity contribution < 1.29 is 28.2 Å². The lowest BCUT2D eigenvalue weighted by Crippen LogP contribution is -2.33. The second-order valence-electron chi connectivity index (χ2n) is 6.79. The van der Waals surface area contributed by atoms with E-state index in [9.17, 15) is 18.8 Å². The number of carbonyl (C=O) groups excluding carboxylic acids is 3. The topological polar surface area (TPSA) is 100 Å². The number of fused-ring (bicyclic) bond motifs is 1. The van der Waals surface area contributed by atoms with Crippen LogP contribution in [0.4, 0.5) is 25.4 Å². The highest BCUT2D eigenvalue weighted by Crippen LogP contribution is 2.31. The molecule has 0 spiro atoms. The maximum absolute atomic E-state index is 14.7. The lowest BCUT2D eigenvalue weighted by atomic mass is 10.2. The Labute approximate surface area is 154 Å². The number of benzene rings is 1. The van der Waals surface area contributed by atoms with Gasteiger partial charge < -0.3 is 25.0 Å². The Hall–Kier alpha value is -3.04. The molecule has 9 nitrogen and oxygen atoms in total. The van der Waals surface area contributed by atoms with E-state index in [1.54, 1.807) is 17.0 Å². The molecule has 1 aromatic rings. The molecular formula is C17H19FN4O5. The normalized spacial score (nSPS) is 26.5. The largest absolute Gasteiger partial charge is 0.442 e. The smallest absolute Gasteiger partial charge is 0.414 e. The van der Waals surface area contributed by atoms with Crippen molar-refractivity contribution in [2.45, 2.75) is 25.2 Å². The zero-order chi connectivity index (χ0) is 19.1. The van der Waals surface area contributed by atoms with Crippen molar-refractivity contribution in [2.75, 3.05) is 36.0 Å². The van der Waals surface area contributed by atoms with Gasteiger partial charge in [-0.2, -0.15) is 0 Å². The van der Waals surface area contributed by atoms with Crippen LogP contribution in [-0.4, -0.2) is 62.5 Å². The fourth-order valence-electron chi connectivity index (χ4n) is 3.57. The predicted octanol–water partition coefficient (Wildman–Crippen LogP) is 0.584. The van der Waals surface area contributed by atoms with Gasteiger partial charge in [0.05, 0.1) is 37.1 Å². The number of hydrogen-bond acceptors (Lipinski definition) is 6. The average Bonchev–Trinajstić information content (AvgIpc) is 3.25. The van der Waals surface area contributed by atoms with Gasteiger partial charge in [0.1, 0.15) is 18.0 Å². The molecule has 3 amide bonds. The minimum Gasteiger partial charge on any atom is -0.442 e. The van der Waals surface area contributed by atoms with Crippen molar-refractivity contribution in [1.82, 2.24) is 10.6 Å². The van der Waals surface area contributed by atoms with Crippen LogP contribution in [0.25, 0.3) is 0 Å². The number of hydrogen-bond donors (Lipinski definition) is 2. The van der Waals surface area contributed by atoms with Crippen LogP contribution in [0.15, 0.2) is 18.2 Å². The summed E-state index contributed by atoms with van der Waals surface area (Å²) in [6.07, 6.45) is -1.80. The van der Waals surface area contributed by atoms with Crippen LogP contribution in [0.1, 0.15) is 6.92 Å². The van der Waals surface area contributed by atoms with Crippen LogP contribution >= 0.6 is 0 Å². The number of halogens is 1. The van der Waals surface area contributed by atoms with Crippen molar-refractivity contribution in [3.05, 3.63) is 24.0 Å². The van der Waals surface area contributed by atoms with Gasteiger partial charge in [0.2, 0.25) is 5.91 Å². The van der Waals surface area contributed by atoms with Crippen molar-refractivity contribution in [3.8, 4) is 0 Å². The lowest BCUT2D eigenvalue weighted by molar-refractivity contribution is -0.119. The lowest BCUT2D eigenvalue weighted by Gasteiger charge is -2.21. The first-order chi connectivity index (χ1) is 12.9. The summed E-state index contributed by atoms with van der Waals surface area (Å²) in [5.74, 6) is -0.688. The van der Waals surface area contributed by atoms with E-state index in [1.807, 2.05) is 0 Å². The molecule has 3 unspecified atom stereocenters. The summed E-state index contributed by atoms with van der Waals surface area (Å²) in [4.78, 5) is 37.4. The number of anilines is 2. The Morgan fingerprint density at radius 2 is 2.11 bits per heavy atom. The van der Waals surface area contributed by atoms with E-state index < -0.39 is 24.1 Å². The third-order valence-electron chi connectivity index (χ3n) is 4.86. The van der Waals surface area contributed by atoms with Crippen molar-refractivity contribution in [2.24, 2.45) is 0 Å². The Bertz CT molecular complexity index is 788. The minimum absolute atomic E-state index is 0.153. The van der Waals surface area contributed by atoms with Gasteiger partial charge in [0.25, 0.3) is 0 Å². The first-order valence-corrected chi connectivity index (χ1v) is 8.65. The molecule has 0 aromatic heterocycles. The Morgan fingerprint density at radius 3 is 2.81 bits per heavy atom. The Balaban J connectivity index is 1.44. The van der Waals surface area contributed by atoms with Crippen LogP contribution in [0.2, 0.25) is 0 Å². The third-order valence-corrected chi connectivity index (χ3v) is 4.86. The molecule has 3 heterocycles. The summed E-state index contributed by atoms with van der Waals surface area (Å²) in [6, 6.07) is 4.38. The summed E-state index contributed by atoms with van der Waals surface area (Å²) in [7, 11) is 0. The molecule has 3 aliphatic heterocycles. The molecule has 144 valence electrons. The number of alkyl carbamates (subject to hydrolysis) is 1. The van der Waals surface area contributed by atoms with E-state index in [4.69, 9.17) is 9.47 Å². The van der Waals surface area contributed by atoms with Crippen LogP contribution < -0.4 is 20.4 Å². The van der Waals surface area contributed by atoms with Gasteiger partial charge in [0, 0.05) is 13.5 Å². The molecule has 27 heavy (non-hydrogen) atoms. The van der Waals surface area contributed by atoms with Gasteiger partial charge in [-0.15, -0.1) is 0 Å². The van der Waals surface area contributed by atoms with E-state index >= 15 is 0 Å². The van der Waals surface area contributed by atoms with Crippen molar-refractivity contribution >= 4 is 29.5 Å². The standard InChI is InChI=1S/C17H19FN4O5/c1-9(23)19-5-11-6-22(17(25)26-11)10-2-3-14(12(18)4-10)21-7-13-15(8-21)27-16(24)20-13/h2-4,11,13,15H,5-8H2,1H3,(H,19,23)(H,20,24). The van der Waals surface area contributed by atoms with Crippen molar-refractivity contribution in [1.29, 1.82) is 0 Å². The number of nitrogens with one attached hydrogen (secondary N) is 2. The molecule has 3 aliphatic rings. The summed E-state index contributed by atoms with van der Waals surface area (Å²) >= 11 is 0. The summed E-state index contributed by atoms with van der Waals surface area (Å²) in [6.45, 7) is 2.68. The van der Waals surface area contributed by atoms with Gasteiger partial charge in [-0.05, 0) is 18.2 Å². The van der Waals surface area contributed by atoms with E-state index in [0.29, 0.717) is 24.5 Å². The SMILES string of the molecule is CC(=O)NCC1CN(c2ccc(N3CC4NC(=O)OC4C3)c(F)c2)C(=O)O1. The number of amides is 3. The maximum Gasteiger partial charge on any atom is 0.414 e. The van der Waals surface area contributed by atoms with Gasteiger partial charge in [-0.1, -0.05) is 0 Å². The molecule has 0 bridgehead atoms. The first-order valence-electron chi connectivity index (χ1n) is 8.65. The molecule has 2 N–H and O–H groups in total. The van der Waals surface area contributed by atoms with Crippen molar-refractivity contribution in [3.63, 3.8) is 0 Å². The van der Waals surface area contributed by atoms with Crippen LogP contribution in [0.5, 0.6) is 0 Å². The fraction of sp³-hybridized carbons (Fsp3) is 0.471. The van der Waals surface area contributed by atoms with E-state index in [-0.39, 0.29) is 31.1 Å². The summed E-state index contributed by atoms with van der Waals surface area (Å²) in [5, 5.41) is 5.29. The minimum atomic E-state index is -0.579. The van der Waals surface area contributed by atoms with Gasteiger partial charge in [0.15, 0.2) is 0 Å².